The van der Waals surface area contributed by atoms with Crippen LogP contribution < -0.4 is 5.56 Å². The van der Waals surface area contributed by atoms with Gasteiger partial charge in [0.25, 0.3) is 11.5 Å². The van der Waals surface area contributed by atoms with Crippen molar-refractivity contribution in [3.63, 3.8) is 0 Å². The van der Waals surface area contributed by atoms with Crippen LogP contribution in [0.4, 0.5) is 8.78 Å². The van der Waals surface area contributed by atoms with Gasteiger partial charge in [0.1, 0.15) is 0 Å². The number of hydrogen-bond acceptors (Lipinski definition) is 1. The highest BCUT2D eigenvalue weighted by Gasteiger charge is 2.23. The summed E-state index contributed by atoms with van der Waals surface area (Å²) in [6.45, 7) is 2.71. The molecule has 0 unspecified atom stereocenters. The summed E-state index contributed by atoms with van der Waals surface area (Å²) in [5.41, 5.74) is 1.26. The fourth-order valence-electron chi connectivity index (χ4n) is 1.71. The summed E-state index contributed by atoms with van der Waals surface area (Å²) < 4.78 is 27.6. The SMILES string of the molecule is Cc1ccc(=O)n(-c2ccc(C(C)(F)F)cc2)c1. The van der Waals surface area contributed by atoms with E-state index in [-0.39, 0.29) is 11.1 Å². The van der Waals surface area contributed by atoms with Gasteiger partial charge in [0.15, 0.2) is 0 Å². The molecule has 0 amide bonds. The van der Waals surface area contributed by atoms with Crippen molar-refractivity contribution in [2.24, 2.45) is 0 Å². The molecule has 1 aromatic heterocycles. The van der Waals surface area contributed by atoms with Gasteiger partial charge in [-0.05, 0) is 24.6 Å². The number of hydrogen-bond donors (Lipinski definition) is 0. The number of alkyl halides is 2. The highest BCUT2D eigenvalue weighted by molar-refractivity contribution is 5.36. The number of aryl methyl sites for hydroxylation is 1. The number of aromatic nitrogens is 1. The lowest BCUT2D eigenvalue weighted by molar-refractivity contribution is 0.0175. The van der Waals surface area contributed by atoms with Gasteiger partial charge in [0.05, 0.1) is 0 Å². The zero-order valence-electron chi connectivity index (χ0n) is 10.2. The van der Waals surface area contributed by atoms with E-state index in [2.05, 4.69) is 0 Å². The number of halogens is 2. The lowest BCUT2D eigenvalue weighted by atomic mass is 10.1. The first kappa shape index (κ1) is 12.5. The summed E-state index contributed by atoms with van der Waals surface area (Å²) in [5, 5.41) is 0. The quantitative estimate of drug-likeness (QED) is 0.800. The van der Waals surface area contributed by atoms with Crippen LogP contribution in [0.2, 0.25) is 0 Å². The fourth-order valence-corrected chi connectivity index (χ4v) is 1.71. The zero-order valence-corrected chi connectivity index (χ0v) is 10.2. The van der Waals surface area contributed by atoms with Gasteiger partial charge in [-0.3, -0.25) is 9.36 Å². The van der Waals surface area contributed by atoms with Crippen LogP contribution in [-0.2, 0) is 5.92 Å². The van der Waals surface area contributed by atoms with E-state index in [1.807, 2.05) is 6.92 Å². The Balaban J connectivity index is 2.47. The fraction of sp³-hybridized carbons (Fsp3) is 0.214. The van der Waals surface area contributed by atoms with E-state index < -0.39 is 5.92 Å². The van der Waals surface area contributed by atoms with Gasteiger partial charge in [0.2, 0.25) is 0 Å². The van der Waals surface area contributed by atoms with Crippen molar-refractivity contribution in [1.29, 1.82) is 0 Å². The average molecular weight is 249 g/mol. The summed E-state index contributed by atoms with van der Waals surface area (Å²) in [6.07, 6.45) is 1.68. The Morgan fingerprint density at radius 3 is 2.22 bits per heavy atom. The highest BCUT2D eigenvalue weighted by Crippen LogP contribution is 2.27. The molecule has 0 bridgehead atoms. The van der Waals surface area contributed by atoms with Crippen LogP contribution in [0.25, 0.3) is 5.69 Å². The molecule has 4 heteroatoms. The maximum atomic E-state index is 13.1. The molecular weight excluding hydrogens is 236 g/mol. The van der Waals surface area contributed by atoms with Crippen LogP contribution in [0.15, 0.2) is 47.4 Å². The van der Waals surface area contributed by atoms with Crippen molar-refractivity contribution in [3.8, 4) is 5.69 Å². The molecular formula is C14H13F2NO. The van der Waals surface area contributed by atoms with E-state index in [4.69, 9.17) is 0 Å². The summed E-state index contributed by atoms with van der Waals surface area (Å²) >= 11 is 0. The Bertz CT molecular complexity index is 609. The van der Waals surface area contributed by atoms with Crippen molar-refractivity contribution >= 4 is 0 Å². The van der Waals surface area contributed by atoms with E-state index in [0.717, 1.165) is 12.5 Å². The first-order chi connectivity index (χ1) is 8.38. The standard InChI is InChI=1S/C14H13F2NO/c1-10-3-8-13(18)17(9-10)12-6-4-11(5-7-12)14(2,15)16/h3-9H,1-2H3. The molecule has 0 radical (unpaired) electrons. The van der Waals surface area contributed by atoms with Gasteiger partial charge in [-0.2, -0.15) is 0 Å². The molecule has 18 heavy (non-hydrogen) atoms. The molecule has 1 heterocycles. The Labute approximate surface area is 104 Å². The van der Waals surface area contributed by atoms with Crippen molar-refractivity contribution in [3.05, 3.63) is 64.1 Å². The van der Waals surface area contributed by atoms with Gasteiger partial charge < -0.3 is 0 Å². The van der Waals surface area contributed by atoms with Crippen LogP contribution in [0, 0.1) is 6.92 Å². The molecule has 0 aliphatic carbocycles. The van der Waals surface area contributed by atoms with Gasteiger partial charge in [0, 0.05) is 30.4 Å². The molecule has 0 aliphatic rings. The second kappa shape index (κ2) is 4.37. The van der Waals surface area contributed by atoms with Crippen LogP contribution in [-0.4, -0.2) is 4.57 Å². The van der Waals surface area contributed by atoms with Gasteiger partial charge >= 0.3 is 0 Å². The minimum Gasteiger partial charge on any atom is -0.284 e. The number of benzene rings is 1. The molecule has 2 nitrogen and oxygen atoms in total. The molecule has 0 saturated heterocycles. The Hall–Kier alpha value is -1.97. The molecule has 2 rings (SSSR count). The number of pyridine rings is 1. The summed E-state index contributed by atoms with van der Waals surface area (Å²) in [4.78, 5) is 11.7. The van der Waals surface area contributed by atoms with E-state index in [0.29, 0.717) is 5.69 Å². The molecule has 0 aliphatic heterocycles. The minimum atomic E-state index is -2.86. The van der Waals surface area contributed by atoms with Crippen molar-refractivity contribution in [1.82, 2.24) is 4.57 Å². The largest absolute Gasteiger partial charge is 0.284 e. The summed E-state index contributed by atoms with van der Waals surface area (Å²) in [5.74, 6) is -2.86. The van der Waals surface area contributed by atoms with Gasteiger partial charge in [-0.15, -0.1) is 0 Å². The predicted octanol–water partition coefficient (Wildman–Crippen LogP) is 3.26. The lowest BCUT2D eigenvalue weighted by Gasteiger charge is -2.12. The predicted molar refractivity (Wildman–Crippen MR) is 66.3 cm³/mol. The molecule has 0 atom stereocenters. The van der Waals surface area contributed by atoms with Gasteiger partial charge in [-0.1, -0.05) is 18.2 Å². The van der Waals surface area contributed by atoms with Crippen LogP contribution in [0.3, 0.4) is 0 Å². The third-order valence-corrected chi connectivity index (χ3v) is 2.71. The molecule has 0 fully saturated rings. The summed E-state index contributed by atoms with van der Waals surface area (Å²) in [7, 11) is 0. The summed E-state index contributed by atoms with van der Waals surface area (Å²) in [6, 6.07) is 8.89. The first-order valence-electron chi connectivity index (χ1n) is 5.56. The van der Waals surface area contributed by atoms with Gasteiger partial charge in [-0.25, -0.2) is 8.78 Å². The number of rotatable bonds is 2. The minimum absolute atomic E-state index is 0.0630. The van der Waals surface area contributed by atoms with Crippen LogP contribution in [0.5, 0.6) is 0 Å². The van der Waals surface area contributed by atoms with Crippen LogP contribution >= 0.6 is 0 Å². The maximum absolute atomic E-state index is 13.1. The smallest absolute Gasteiger partial charge is 0.270 e. The third-order valence-electron chi connectivity index (χ3n) is 2.71. The Kier molecular flexibility index (Phi) is 3.03. The van der Waals surface area contributed by atoms with E-state index in [1.54, 1.807) is 12.3 Å². The van der Waals surface area contributed by atoms with E-state index >= 15 is 0 Å². The van der Waals surface area contributed by atoms with E-state index in [9.17, 15) is 13.6 Å². The highest BCUT2D eigenvalue weighted by atomic mass is 19.3. The first-order valence-corrected chi connectivity index (χ1v) is 5.56. The average Bonchev–Trinajstić information content (AvgIpc) is 2.31. The maximum Gasteiger partial charge on any atom is 0.270 e. The van der Waals surface area contributed by atoms with Crippen molar-refractivity contribution in [2.45, 2.75) is 19.8 Å². The Morgan fingerprint density at radius 1 is 1.06 bits per heavy atom. The molecule has 1 aromatic carbocycles. The molecule has 0 spiro atoms. The third kappa shape index (κ3) is 2.47. The molecule has 0 saturated carbocycles. The Morgan fingerprint density at radius 2 is 1.67 bits per heavy atom. The van der Waals surface area contributed by atoms with Crippen molar-refractivity contribution in [2.75, 3.05) is 0 Å². The van der Waals surface area contributed by atoms with Crippen molar-refractivity contribution < 1.29 is 8.78 Å². The topological polar surface area (TPSA) is 22.0 Å². The monoisotopic (exact) mass is 249 g/mol. The molecule has 94 valence electrons. The lowest BCUT2D eigenvalue weighted by Crippen LogP contribution is -2.16. The van der Waals surface area contributed by atoms with E-state index in [1.165, 1.54) is 34.9 Å². The second-order valence-electron chi connectivity index (χ2n) is 4.35. The normalized spacial score (nSPS) is 11.6. The molecule has 0 N–H and O–H groups in total. The number of nitrogens with zero attached hydrogens (tertiary/aromatic N) is 1. The second-order valence-corrected chi connectivity index (χ2v) is 4.35. The zero-order chi connectivity index (χ0) is 13.3. The molecule has 2 aromatic rings. The van der Waals surface area contributed by atoms with Crippen LogP contribution in [0.1, 0.15) is 18.1 Å².